The lowest BCUT2D eigenvalue weighted by Crippen LogP contribution is -2.36. The first-order chi connectivity index (χ1) is 14.4. The third-order valence-electron chi connectivity index (χ3n) is 5.78. The van der Waals surface area contributed by atoms with Crippen molar-refractivity contribution < 1.29 is 24.2 Å². The van der Waals surface area contributed by atoms with Gasteiger partial charge in [-0.2, -0.15) is 0 Å². The van der Waals surface area contributed by atoms with Crippen molar-refractivity contribution in [1.29, 1.82) is 0 Å². The molecule has 0 aliphatic heterocycles. The van der Waals surface area contributed by atoms with Crippen molar-refractivity contribution in [2.45, 2.75) is 46.0 Å². The van der Waals surface area contributed by atoms with Gasteiger partial charge >= 0.3 is 11.9 Å². The van der Waals surface area contributed by atoms with E-state index in [2.05, 4.69) is 12.2 Å². The number of thiophene rings is 1. The number of ether oxygens (including phenoxy) is 1. The molecule has 0 saturated heterocycles. The van der Waals surface area contributed by atoms with Crippen molar-refractivity contribution in [2.24, 2.45) is 11.8 Å². The minimum atomic E-state index is -0.942. The van der Waals surface area contributed by atoms with E-state index in [4.69, 9.17) is 4.74 Å². The van der Waals surface area contributed by atoms with E-state index in [9.17, 15) is 19.5 Å². The topological polar surface area (TPSA) is 92.7 Å². The van der Waals surface area contributed by atoms with Gasteiger partial charge in [-0.15, -0.1) is 11.3 Å². The molecule has 1 heterocycles. The molecule has 2 N–H and O–H groups in total. The molecule has 0 spiro atoms. The quantitative estimate of drug-likeness (QED) is 0.637. The lowest BCUT2D eigenvalue weighted by molar-refractivity contribution is -0.147. The number of hydrogen-bond donors (Lipinski definition) is 2. The first-order valence-corrected chi connectivity index (χ1v) is 11.0. The van der Waals surface area contributed by atoms with Crippen molar-refractivity contribution in [2.75, 3.05) is 12.4 Å². The first-order valence-electron chi connectivity index (χ1n) is 10.2. The maximum Gasteiger partial charge on any atom is 0.341 e. The summed E-state index contributed by atoms with van der Waals surface area (Å²) >= 11 is 1.31. The van der Waals surface area contributed by atoms with Crippen molar-refractivity contribution in [3.63, 3.8) is 0 Å². The molecule has 160 valence electrons. The van der Waals surface area contributed by atoms with E-state index in [1.54, 1.807) is 0 Å². The number of methoxy groups -OCH3 is 1. The summed E-state index contributed by atoms with van der Waals surface area (Å²) in [4.78, 5) is 38.1. The number of amides is 1. The molecule has 7 heteroatoms. The van der Waals surface area contributed by atoms with Gasteiger partial charge in [-0.25, -0.2) is 4.79 Å². The van der Waals surface area contributed by atoms with E-state index in [0.717, 1.165) is 35.3 Å². The number of nitrogens with one attached hydrogen (secondary N) is 1. The molecule has 0 radical (unpaired) electrons. The summed E-state index contributed by atoms with van der Waals surface area (Å²) in [5, 5.41) is 12.8. The highest BCUT2D eigenvalue weighted by atomic mass is 32.1. The molecule has 30 heavy (non-hydrogen) atoms. The van der Waals surface area contributed by atoms with Crippen LogP contribution in [0.3, 0.4) is 0 Å². The van der Waals surface area contributed by atoms with E-state index in [1.165, 1.54) is 24.0 Å². The van der Waals surface area contributed by atoms with Gasteiger partial charge in [0.1, 0.15) is 10.6 Å². The van der Waals surface area contributed by atoms with Gasteiger partial charge in [-0.3, -0.25) is 9.59 Å². The predicted octanol–water partition coefficient (Wildman–Crippen LogP) is 4.90. The Balaban J connectivity index is 1.97. The fraction of sp³-hybridized carbons (Fsp3) is 0.435. The number of aryl methyl sites for hydroxylation is 2. The van der Waals surface area contributed by atoms with Crippen LogP contribution >= 0.6 is 11.3 Å². The Bertz CT molecular complexity index is 947. The standard InChI is InChI=1S/C23H27NO5S/c1-4-14-9-11-15(12-10-14)18-13(2)30-21(19(18)23(28)29-3)24-20(25)16-7-5-6-8-17(16)22(26)27/h9-12,16-17H,4-8H2,1-3H3,(H,24,25)(H,26,27)/t16-,17-/m0/s1. The van der Waals surface area contributed by atoms with Crippen molar-refractivity contribution in [3.8, 4) is 11.1 Å². The predicted molar refractivity (Wildman–Crippen MR) is 117 cm³/mol. The zero-order chi connectivity index (χ0) is 21.8. The Kier molecular flexibility index (Phi) is 6.92. The smallest absolute Gasteiger partial charge is 0.341 e. The molecule has 1 aromatic heterocycles. The Hall–Kier alpha value is -2.67. The van der Waals surface area contributed by atoms with Crippen molar-refractivity contribution >= 4 is 34.2 Å². The second-order valence-electron chi connectivity index (χ2n) is 7.60. The molecule has 2 aromatic rings. The van der Waals surface area contributed by atoms with Gasteiger partial charge in [0.05, 0.1) is 18.9 Å². The SMILES string of the molecule is CCc1ccc(-c2c(C)sc(NC(=O)[C@H]3CCCC[C@@H]3C(=O)O)c2C(=O)OC)cc1. The maximum absolute atomic E-state index is 13.0. The summed E-state index contributed by atoms with van der Waals surface area (Å²) in [5.41, 5.74) is 3.13. The lowest BCUT2D eigenvalue weighted by atomic mass is 9.78. The number of carboxylic acids is 1. The van der Waals surface area contributed by atoms with Crippen LogP contribution in [0.5, 0.6) is 0 Å². The molecule has 1 aromatic carbocycles. The Morgan fingerprint density at radius 2 is 1.77 bits per heavy atom. The van der Waals surface area contributed by atoms with E-state index < -0.39 is 23.8 Å². The van der Waals surface area contributed by atoms with Crippen LogP contribution in [0.15, 0.2) is 24.3 Å². The number of carbonyl (C=O) groups excluding carboxylic acids is 2. The van der Waals surface area contributed by atoms with Crippen LogP contribution in [0.2, 0.25) is 0 Å². The molecular formula is C23H27NO5S. The minimum absolute atomic E-state index is 0.320. The average molecular weight is 430 g/mol. The molecule has 1 aliphatic carbocycles. The summed E-state index contributed by atoms with van der Waals surface area (Å²) in [6, 6.07) is 7.97. The Morgan fingerprint density at radius 1 is 1.13 bits per heavy atom. The molecule has 0 unspecified atom stereocenters. The second kappa shape index (κ2) is 9.43. The highest BCUT2D eigenvalue weighted by Gasteiger charge is 2.36. The van der Waals surface area contributed by atoms with Crippen LogP contribution in [-0.4, -0.2) is 30.1 Å². The van der Waals surface area contributed by atoms with Gasteiger partial charge in [-0.1, -0.05) is 44.0 Å². The third-order valence-corrected chi connectivity index (χ3v) is 6.80. The molecule has 1 amide bonds. The molecule has 2 atom stereocenters. The van der Waals surface area contributed by atoms with E-state index in [-0.39, 0.29) is 5.91 Å². The number of aliphatic carboxylic acids is 1. The number of anilines is 1. The lowest BCUT2D eigenvalue weighted by Gasteiger charge is -2.27. The first kappa shape index (κ1) is 22.0. The number of rotatable bonds is 6. The molecule has 0 bridgehead atoms. The zero-order valence-electron chi connectivity index (χ0n) is 17.5. The van der Waals surface area contributed by atoms with Crippen LogP contribution in [0.1, 0.15) is 53.4 Å². The van der Waals surface area contributed by atoms with Gasteiger partial charge in [0, 0.05) is 10.4 Å². The van der Waals surface area contributed by atoms with E-state index in [0.29, 0.717) is 23.4 Å². The average Bonchev–Trinajstić information content (AvgIpc) is 3.08. The zero-order valence-corrected chi connectivity index (χ0v) is 18.3. The van der Waals surface area contributed by atoms with E-state index >= 15 is 0 Å². The molecule has 1 saturated carbocycles. The van der Waals surface area contributed by atoms with Gasteiger partial charge in [0.2, 0.25) is 5.91 Å². The highest BCUT2D eigenvalue weighted by molar-refractivity contribution is 7.17. The monoisotopic (exact) mass is 429 g/mol. The number of hydrogen-bond acceptors (Lipinski definition) is 5. The largest absolute Gasteiger partial charge is 0.481 e. The van der Waals surface area contributed by atoms with Crippen LogP contribution in [0.25, 0.3) is 11.1 Å². The van der Waals surface area contributed by atoms with Gasteiger partial charge in [0.15, 0.2) is 0 Å². The molecule has 3 rings (SSSR count). The molecule has 1 aliphatic rings. The number of benzene rings is 1. The van der Waals surface area contributed by atoms with Crippen LogP contribution < -0.4 is 5.32 Å². The van der Waals surface area contributed by atoms with Crippen LogP contribution in [-0.2, 0) is 20.7 Å². The minimum Gasteiger partial charge on any atom is -0.481 e. The summed E-state index contributed by atoms with van der Waals surface area (Å²) < 4.78 is 5.01. The number of esters is 1. The summed E-state index contributed by atoms with van der Waals surface area (Å²) in [6.45, 7) is 3.98. The van der Waals surface area contributed by atoms with Gasteiger partial charge < -0.3 is 15.2 Å². The summed E-state index contributed by atoms with van der Waals surface area (Å²) in [7, 11) is 1.31. The normalized spacial score (nSPS) is 18.6. The fourth-order valence-corrected chi connectivity index (χ4v) is 5.20. The molecular weight excluding hydrogens is 402 g/mol. The van der Waals surface area contributed by atoms with Crippen molar-refractivity contribution in [1.82, 2.24) is 0 Å². The maximum atomic E-state index is 13.0. The van der Waals surface area contributed by atoms with E-state index in [1.807, 2.05) is 31.2 Å². The van der Waals surface area contributed by atoms with Crippen molar-refractivity contribution in [3.05, 3.63) is 40.3 Å². The van der Waals surface area contributed by atoms with Gasteiger partial charge in [-0.05, 0) is 37.3 Å². The summed E-state index contributed by atoms with van der Waals surface area (Å²) in [5.74, 6) is -3.11. The Morgan fingerprint density at radius 3 is 2.33 bits per heavy atom. The number of carbonyl (C=O) groups is 3. The fourth-order valence-electron chi connectivity index (χ4n) is 4.13. The second-order valence-corrected chi connectivity index (χ2v) is 8.83. The molecule has 1 fully saturated rings. The number of carboxylic acid groups (broad SMARTS) is 1. The third kappa shape index (κ3) is 4.41. The Labute approximate surface area is 180 Å². The van der Waals surface area contributed by atoms with Crippen LogP contribution in [0, 0.1) is 18.8 Å². The highest BCUT2D eigenvalue weighted by Crippen LogP contribution is 2.41. The molecule has 6 nitrogen and oxygen atoms in total. The van der Waals surface area contributed by atoms with Crippen LogP contribution in [0.4, 0.5) is 5.00 Å². The van der Waals surface area contributed by atoms with Gasteiger partial charge in [0.25, 0.3) is 0 Å². The summed E-state index contributed by atoms with van der Waals surface area (Å²) in [6.07, 6.45) is 3.58.